The van der Waals surface area contributed by atoms with Crippen molar-refractivity contribution in [2.45, 2.75) is 130 Å². The minimum atomic E-state index is -1.86. The molecule has 0 aromatic carbocycles. The minimum absolute atomic E-state index is 0.0906. The Labute approximate surface area is 294 Å². The third kappa shape index (κ3) is 11.1. The van der Waals surface area contributed by atoms with Crippen molar-refractivity contribution < 1.29 is 49.3 Å². The van der Waals surface area contributed by atoms with Crippen molar-refractivity contribution in [3.8, 4) is 0 Å². The molecule has 49 heavy (non-hydrogen) atoms. The SMILES string of the molecule is C/C=C/[C@H]1O[C@@](O)([C@@H](C)[C@H](O)[C@H](C)C2OC(=O)/C(OC)=C/C(C)=C/[C@@H](C)[C@@H](O)C(CC)[C@@H](O)[C@H](C)C/C(C)=C/C=C/[C@@H]2OC)C[C@@H](O)[C@@H]1C. The smallest absolute Gasteiger partial charge is 0.373 e. The van der Waals surface area contributed by atoms with E-state index in [2.05, 4.69) is 0 Å². The number of methoxy groups -OCH3 is 2. The normalized spacial score (nSPS) is 41.8. The van der Waals surface area contributed by atoms with Gasteiger partial charge in [-0.05, 0) is 45.6 Å². The van der Waals surface area contributed by atoms with Crippen molar-refractivity contribution in [2.75, 3.05) is 14.2 Å². The highest BCUT2D eigenvalue weighted by Crippen LogP contribution is 2.40. The van der Waals surface area contributed by atoms with Gasteiger partial charge in [-0.3, -0.25) is 0 Å². The molecule has 14 atom stereocenters. The molecule has 0 aromatic heterocycles. The summed E-state index contributed by atoms with van der Waals surface area (Å²) in [5, 5.41) is 56.7. The van der Waals surface area contributed by atoms with E-state index in [9.17, 15) is 30.3 Å². The number of hydrogen-bond acceptors (Lipinski definition) is 10. The Bertz CT molecular complexity index is 1210. The van der Waals surface area contributed by atoms with Gasteiger partial charge < -0.3 is 44.5 Å². The minimum Gasteiger partial charge on any atom is -0.490 e. The van der Waals surface area contributed by atoms with Gasteiger partial charge in [0.2, 0.25) is 5.76 Å². The van der Waals surface area contributed by atoms with E-state index in [0.717, 1.165) is 5.57 Å². The number of ether oxygens (including phenoxy) is 4. The van der Waals surface area contributed by atoms with E-state index < -0.39 is 66.3 Å². The van der Waals surface area contributed by atoms with Crippen LogP contribution in [-0.4, -0.2) is 94.2 Å². The largest absolute Gasteiger partial charge is 0.490 e. The summed E-state index contributed by atoms with van der Waals surface area (Å²) in [5.74, 6) is -5.49. The zero-order chi connectivity index (χ0) is 37.2. The van der Waals surface area contributed by atoms with E-state index in [-0.39, 0.29) is 35.9 Å². The van der Waals surface area contributed by atoms with Crippen LogP contribution in [0.15, 0.2) is 59.4 Å². The molecule has 10 nitrogen and oxygen atoms in total. The average Bonchev–Trinajstić information content (AvgIpc) is 3.05. The summed E-state index contributed by atoms with van der Waals surface area (Å²) in [6.07, 6.45) is 7.35. The quantitative estimate of drug-likeness (QED) is 0.173. The Morgan fingerprint density at radius 3 is 2.33 bits per heavy atom. The van der Waals surface area contributed by atoms with Crippen molar-refractivity contribution in [1.82, 2.24) is 0 Å². The first-order chi connectivity index (χ1) is 23.0. The van der Waals surface area contributed by atoms with Crippen molar-refractivity contribution in [3.63, 3.8) is 0 Å². The van der Waals surface area contributed by atoms with Gasteiger partial charge in [0.05, 0.1) is 37.6 Å². The van der Waals surface area contributed by atoms with Crippen molar-refractivity contribution >= 4 is 5.97 Å². The lowest BCUT2D eigenvalue weighted by Crippen LogP contribution is -2.58. The number of cyclic esters (lactones) is 1. The first-order valence-corrected chi connectivity index (χ1v) is 17.7. The molecule has 0 aromatic rings. The molecule has 2 unspecified atom stereocenters. The summed E-state index contributed by atoms with van der Waals surface area (Å²) in [6.45, 7) is 16.6. The number of allylic oxidation sites excluding steroid dienone is 6. The maximum atomic E-state index is 13.7. The highest BCUT2D eigenvalue weighted by atomic mass is 16.6. The molecule has 0 spiro atoms. The van der Waals surface area contributed by atoms with Gasteiger partial charge in [-0.15, -0.1) is 0 Å². The Morgan fingerprint density at radius 1 is 1.10 bits per heavy atom. The van der Waals surface area contributed by atoms with E-state index in [1.54, 1.807) is 45.1 Å². The van der Waals surface area contributed by atoms with Crippen LogP contribution in [0.4, 0.5) is 0 Å². The van der Waals surface area contributed by atoms with Gasteiger partial charge in [0.15, 0.2) is 5.79 Å². The summed E-state index contributed by atoms with van der Waals surface area (Å²) in [7, 11) is 2.84. The maximum absolute atomic E-state index is 13.7. The van der Waals surface area contributed by atoms with E-state index in [0.29, 0.717) is 18.4 Å². The molecule has 280 valence electrons. The lowest BCUT2D eigenvalue weighted by atomic mass is 9.77. The number of esters is 1. The zero-order valence-corrected chi connectivity index (χ0v) is 31.4. The number of aliphatic hydroxyl groups excluding tert-OH is 4. The van der Waals surface area contributed by atoms with Crippen LogP contribution < -0.4 is 0 Å². The van der Waals surface area contributed by atoms with Gasteiger partial charge in [-0.2, -0.15) is 0 Å². The second-order valence-corrected chi connectivity index (χ2v) is 14.4. The lowest BCUT2D eigenvalue weighted by Gasteiger charge is -2.47. The second kappa shape index (κ2) is 19.3. The van der Waals surface area contributed by atoms with Crippen LogP contribution in [0.3, 0.4) is 0 Å². The van der Waals surface area contributed by atoms with Gasteiger partial charge in [0, 0.05) is 43.1 Å². The third-order valence-electron chi connectivity index (χ3n) is 10.6. The Kier molecular flexibility index (Phi) is 16.9. The van der Waals surface area contributed by atoms with Gasteiger partial charge in [0.1, 0.15) is 12.2 Å². The van der Waals surface area contributed by atoms with Crippen LogP contribution in [0, 0.1) is 35.5 Å². The lowest BCUT2D eigenvalue weighted by molar-refractivity contribution is -0.313. The fourth-order valence-electron chi connectivity index (χ4n) is 7.18. The number of hydrogen-bond donors (Lipinski definition) is 5. The maximum Gasteiger partial charge on any atom is 0.373 e. The molecule has 1 saturated heterocycles. The molecule has 5 N–H and O–H groups in total. The van der Waals surface area contributed by atoms with E-state index in [1.165, 1.54) is 20.3 Å². The predicted molar refractivity (Wildman–Crippen MR) is 190 cm³/mol. The third-order valence-corrected chi connectivity index (χ3v) is 10.6. The summed E-state index contributed by atoms with van der Waals surface area (Å²) >= 11 is 0. The number of rotatable bonds is 8. The standard InChI is InChI=1S/C39H64O10/c1-12-15-31-26(7)30(40)21-39(45,49-31)28(9)36(43)27(8)37-32(46-10)17-14-16-22(3)18-24(5)34(41)29(13-2)35(42)25(6)19-23(4)20-33(47-11)38(44)48-37/h12,14-17,19-20,24-32,34-37,40-43,45H,13,18,21H2,1-11H3/b15-12+,17-14+,22-16+,23-19+,33-20-/t24-,25-,26+,27+,28+,29?,30-,31-,32+,34+,35-,36-,37?,39-/m1/s1. The number of aliphatic hydroxyl groups is 5. The fourth-order valence-corrected chi connectivity index (χ4v) is 7.18. The molecule has 0 aliphatic carbocycles. The Hall–Kier alpha value is -2.31. The molecule has 0 saturated carbocycles. The average molecular weight is 693 g/mol. The zero-order valence-electron chi connectivity index (χ0n) is 31.4. The van der Waals surface area contributed by atoms with Gasteiger partial charge in [0.25, 0.3) is 0 Å². The van der Waals surface area contributed by atoms with Crippen molar-refractivity contribution in [1.29, 1.82) is 0 Å². The van der Waals surface area contributed by atoms with Gasteiger partial charge >= 0.3 is 5.97 Å². The van der Waals surface area contributed by atoms with Crippen molar-refractivity contribution in [3.05, 3.63) is 59.4 Å². The predicted octanol–water partition coefficient (Wildman–Crippen LogP) is 5.00. The fraction of sp³-hybridized carbons (Fsp3) is 0.718. The molecule has 2 aliphatic heterocycles. The molecule has 10 heteroatoms. The molecule has 2 aliphatic rings. The van der Waals surface area contributed by atoms with E-state index >= 15 is 0 Å². The second-order valence-electron chi connectivity index (χ2n) is 14.4. The van der Waals surface area contributed by atoms with E-state index in [4.69, 9.17) is 18.9 Å². The monoisotopic (exact) mass is 692 g/mol. The van der Waals surface area contributed by atoms with Crippen LogP contribution in [-0.2, 0) is 23.7 Å². The Morgan fingerprint density at radius 2 is 1.76 bits per heavy atom. The summed E-state index contributed by atoms with van der Waals surface area (Å²) < 4.78 is 23.4. The highest BCUT2D eigenvalue weighted by molar-refractivity contribution is 5.87. The molecule has 0 radical (unpaired) electrons. The summed E-state index contributed by atoms with van der Waals surface area (Å²) in [6, 6.07) is 0. The van der Waals surface area contributed by atoms with Gasteiger partial charge in [-0.25, -0.2) is 4.79 Å². The summed E-state index contributed by atoms with van der Waals surface area (Å²) in [4.78, 5) is 13.7. The number of carbonyl (C=O) groups excluding carboxylic acids is 1. The first-order valence-electron chi connectivity index (χ1n) is 17.7. The number of carbonyl (C=O) groups is 1. The molecule has 1 fully saturated rings. The molecule has 2 heterocycles. The van der Waals surface area contributed by atoms with E-state index in [1.807, 2.05) is 53.7 Å². The first kappa shape index (κ1) is 42.9. The molecule has 0 bridgehead atoms. The van der Waals surface area contributed by atoms with Gasteiger partial charge in [-0.1, -0.05) is 89.1 Å². The summed E-state index contributed by atoms with van der Waals surface area (Å²) in [5.41, 5.74) is 1.64. The Balaban J connectivity index is 2.59. The topological polar surface area (TPSA) is 155 Å². The van der Waals surface area contributed by atoms with Crippen LogP contribution in [0.1, 0.15) is 81.6 Å². The van der Waals surface area contributed by atoms with Crippen LogP contribution in [0.25, 0.3) is 0 Å². The molecular formula is C39H64O10. The molecular weight excluding hydrogens is 628 g/mol. The van der Waals surface area contributed by atoms with Crippen LogP contribution in [0.5, 0.6) is 0 Å². The van der Waals surface area contributed by atoms with Crippen LogP contribution in [0.2, 0.25) is 0 Å². The van der Waals surface area contributed by atoms with Crippen LogP contribution >= 0.6 is 0 Å². The molecule has 2 rings (SSSR count). The van der Waals surface area contributed by atoms with Crippen molar-refractivity contribution in [2.24, 2.45) is 35.5 Å². The molecule has 0 amide bonds. The highest BCUT2D eigenvalue weighted by Gasteiger charge is 2.50.